The summed E-state index contributed by atoms with van der Waals surface area (Å²) in [6, 6.07) is 7.33. The van der Waals surface area contributed by atoms with Gasteiger partial charge in [-0.1, -0.05) is 28.6 Å². The number of amides is 1. The fourth-order valence-corrected chi connectivity index (χ4v) is 1.87. The zero-order chi connectivity index (χ0) is 15.2. The number of aromatic nitrogens is 1. The van der Waals surface area contributed by atoms with Crippen LogP contribution in [0.15, 0.2) is 28.8 Å². The second-order valence-corrected chi connectivity index (χ2v) is 4.67. The Morgan fingerprint density at radius 3 is 2.86 bits per heavy atom. The second-order valence-electron chi connectivity index (χ2n) is 4.67. The van der Waals surface area contributed by atoms with Gasteiger partial charge in [-0.3, -0.25) is 4.79 Å². The molecule has 5 nitrogen and oxygen atoms in total. The number of hydrogen-bond acceptors (Lipinski definition) is 4. The first-order chi connectivity index (χ1) is 10.1. The highest BCUT2D eigenvalue weighted by Gasteiger charge is 2.11. The van der Waals surface area contributed by atoms with E-state index >= 15 is 0 Å². The molecule has 0 aliphatic carbocycles. The molecule has 21 heavy (non-hydrogen) atoms. The summed E-state index contributed by atoms with van der Waals surface area (Å²) in [5, 5.41) is 6.65. The molecule has 2 rings (SSSR count). The van der Waals surface area contributed by atoms with E-state index in [1.54, 1.807) is 13.0 Å². The van der Waals surface area contributed by atoms with Crippen molar-refractivity contribution < 1.29 is 9.32 Å². The van der Waals surface area contributed by atoms with E-state index in [9.17, 15) is 4.79 Å². The van der Waals surface area contributed by atoms with Gasteiger partial charge in [-0.15, -0.1) is 0 Å². The second kappa shape index (κ2) is 6.73. The maximum atomic E-state index is 12.3. The number of rotatable bonds is 3. The molecular weight excluding hydrogens is 266 g/mol. The van der Waals surface area contributed by atoms with Crippen LogP contribution in [0.5, 0.6) is 0 Å². The summed E-state index contributed by atoms with van der Waals surface area (Å²) in [4.78, 5) is 12.3. The number of benzene rings is 1. The molecule has 1 heterocycles. The SMILES string of the molecule is Cc1ccc(C#CCN)c(C(=O)NCc2cc(C)on2)c1. The number of aryl methyl sites for hydroxylation is 2. The first-order valence-electron chi connectivity index (χ1n) is 6.60. The molecule has 2 aromatic rings. The molecule has 1 amide bonds. The number of nitrogens with zero attached hydrogens (tertiary/aromatic N) is 1. The van der Waals surface area contributed by atoms with Gasteiger partial charge in [0.15, 0.2) is 0 Å². The van der Waals surface area contributed by atoms with Crippen molar-refractivity contribution in [2.45, 2.75) is 20.4 Å². The number of carbonyl (C=O) groups excluding carboxylic acids is 1. The van der Waals surface area contributed by atoms with Crippen LogP contribution in [0.25, 0.3) is 0 Å². The molecule has 0 aliphatic rings. The van der Waals surface area contributed by atoms with Crippen molar-refractivity contribution in [1.82, 2.24) is 10.5 Å². The third-order valence-electron chi connectivity index (χ3n) is 2.85. The maximum Gasteiger partial charge on any atom is 0.252 e. The van der Waals surface area contributed by atoms with Crippen LogP contribution in [0.3, 0.4) is 0 Å². The van der Waals surface area contributed by atoms with E-state index in [4.69, 9.17) is 10.3 Å². The lowest BCUT2D eigenvalue weighted by Gasteiger charge is -2.06. The smallest absolute Gasteiger partial charge is 0.252 e. The Hall–Kier alpha value is -2.58. The summed E-state index contributed by atoms with van der Waals surface area (Å²) < 4.78 is 4.96. The lowest BCUT2D eigenvalue weighted by Crippen LogP contribution is -2.24. The van der Waals surface area contributed by atoms with Crippen molar-refractivity contribution in [3.8, 4) is 11.8 Å². The van der Waals surface area contributed by atoms with Crippen LogP contribution in [0, 0.1) is 25.7 Å². The number of nitrogens with one attached hydrogen (secondary N) is 1. The van der Waals surface area contributed by atoms with Gasteiger partial charge >= 0.3 is 0 Å². The summed E-state index contributed by atoms with van der Waals surface area (Å²) in [5.74, 6) is 6.20. The molecule has 3 N–H and O–H groups in total. The van der Waals surface area contributed by atoms with Crippen LogP contribution < -0.4 is 11.1 Å². The van der Waals surface area contributed by atoms with Crippen LogP contribution >= 0.6 is 0 Å². The maximum absolute atomic E-state index is 12.3. The Kier molecular flexibility index (Phi) is 4.75. The minimum absolute atomic E-state index is 0.194. The van der Waals surface area contributed by atoms with Gasteiger partial charge in [0.25, 0.3) is 5.91 Å². The summed E-state index contributed by atoms with van der Waals surface area (Å²) in [6.45, 7) is 4.30. The molecule has 0 unspecified atom stereocenters. The Balaban J connectivity index is 2.15. The summed E-state index contributed by atoms with van der Waals surface area (Å²) >= 11 is 0. The van der Waals surface area contributed by atoms with Crippen LogP contribution in [0.4, 0.5) is 0 Å². The molecule has 1 aromatic carbocycles. The molecule has 0 aliphatic heterocycles. The first kappa shape index (κ1) is 14.8. The quantitative estimate of drug-likeness (QED) is 0.837. The van der Waals surface area contributed by atoms with Gasteiger partial charge in [0.1, 0.15) is 11.5 Å². The summed E-state index contributed by atoms with van der Waals surface area (Å²) in [7, 11) is 0. The minimum atomic E-state index is -0.194. The van der Waals surface area contributed by atoms with Gasteiger partial charge in [0.2, 0.25) is 0 Å². The largest absolute Gasteiger partial charge is 0.361 e. The number of hydrogen-bond donors (Lipinski definition) is 2. The van der Waals surface area contributed by atoms with Crippen LogP contribution in [0.1, 0.15) is 32.9 Å². The predicted octanol–water partition coefficient (Wildman–Crippen LogP) is 1.53. The lowest BCUT2D eigenvalue weighted by atomic mass is 10.0. The predicted molar refractivity (Wildman–Crippen MR) is 79.5 cm³/mol. The van der Waals surface area contributed by atoms with Gasteiger partial charge in [-0.05, 0) is 26.0 Å². The van der Waals surface area contributed by atoms with Crippen molar-refractivity contribution in [3.05, 3.63) is 52.4 Å². The van der Waals surface area contributed by atoms with Gasteiger partial charge in [-0.25, -0.2) is 0 Å². The molecule has 0 saturated heterocycles. The molecule has 1 aromatic heterocycles. The van der Waals surface area contributed by atoms with Gasteiger partial charge < -0.3 is 15.6 Å². The van der Waals surface area contributed by atoms with Gasteiger partial charge in [0, 0.05) is 11.6 Å². The van der Waals surface area contributed by atoms with Crippen LogP contribution in [-0.4, -0.2) is 17.6 Å². The van der Waals surface area contributed by atoms with Crippen molar-refractivity contribution in [1.29, 1.82) is 0 Å². The molecule has 0 bridgehead atoms. The molecule has 108 valence electrons. The zero-order valence-corrected chi connectivity index (χ0v) is 12.1. The molecule has 0 fully saturated rings. The third kappa shape index (κ3) is 3.94. The monoisotopic (exact) mass is 283 g/mol. The lowest BCUT2D eigenvalue weighted by molar-refractivity contribution is 0.0950. The van der Waals surface area contributed by atoms with E-state index in [0.717, 1.165) is 5.56 Å². The Labute approximate surface area is 123 Å². The minimum Gasteiger partial charge on any atom is -0.361 e. The van der Waals surface area contributed by atoms with E-state index in [-0.39, 0.29) is 12.5 Å². The van der Waals surface area contributed by atoms with Crippen LogP contribution in [0.2, 0.25) is 0 Å². The van der Waals surface area contributed by atoms with Gasteiger partial charge in [0.05, 0.1) is 18.7 Å². The third-order valence-corrected chi connectivity index (χ3v) is 2.85. The van der Waals surface area contributed by atoms with E-state index < -0.39 is 0 Å². The fourth-order valence-electron chi connectivity index (χ4n) is 1.87. The normalized spacial score (nSPS) is 9.86. The average Bonchev–Trinajstić information content (AvgIpc) is 2.89. The molecule has 0 spiro atoms. The van der Waals surface area contributed by atoms with Crippen molar-refractivity contribution in [2.75, 3.05) is 6.54 Å². The van der Waals surface area contributed by atoms with Gasteiger partial charge in [-0.2, -0.15) is 0 Å². The molecule has 0 atom stereocenters. The van der Waals surface area contributed by atoms with Crippen molar-refractivity contribution in [3.63, 3.8) is 0 Å². The fraction of sp³-hybridized carbons (Fsp3) is 0.250. The standard InChI is InChI=1S/C16H17N3O2/c1-11-5-6-13(4-3-7-17)15(8-11)16(20)18-10-14-9-12(2)21-19-14/h5-6,8-9H,7,10,17H2,1-2H3,(H,18,20). The zero-order valence-electron chi connectivity index (χ0n) is 12.1. The molecule has 0 radical (unpaired) electrons. The average molecular weight is 283 g/mol. The van der Waals surface area contributed by atoms with Crippen LogP contribution in [-0.2, 0) is 6.54 Å². The summed E-state index contributed by atoms with van der Waals surface area (Å²) in [6.07, 6.45) is 0. The topological polar surface area (TPSA) is 81.2 Å². The molecule has 0 saturated carbocycles. The van der Waals surface area contributed by atoms with E-state index in [1.807, 2.05) is 25.1 Å². The van der Waals surface area contributed by atoms with Crippen molar-refractivity contribution >= 4 is 5.91 Å². The molecule has 5 heteroatoms. The van der Waals surface area contributed by atoms with Crippen molar-refractivity contribution in [2.24, 2.45) is 5.73 Å². The van der Waals surface area contributed by atoms with E-state index in [1.165, 1.54) is 0 Å². The molecular formula is C16H17N3O2. The highest BCUT2D eigenvalue weighted by atomic mass is 16.5. The highest BCUT2D eigenvalue weighted by molar-refractivity contribution is 5.96. The van der Waals surface area contributed by atoms with E-state index in [0.29, 0.717) is 29.1 Å². The summed E-state index contributed by atoms with van der Waals surface area (Å²) in [5.41, 5.74) is 8.26. The highest BCUT2D eigenvalue weighted by Crippen LogP contribution is 2.11. The Bertz CT molecular complexity index is 708. The Morgan fingerprint density at radius 2 is 2.19 bits per heavy atom. The van der Waals surface area contributed by atoms with E-state index in [2.05, 4.69) is 22.3 Å². The Morgan fingerprint density at radius 1 is 1.38 bits per heavy atom. The first-order valence-corrected chi connectivity index (χ1v) is 6.60. The number of carbonyl (C=O) groups is 1. The number of nitrogens with two attached hydrogens (primary N) is 1.